The van der Waals surface area contributed by atoms with Gasteiger partial charge in [0, 0.05) is 25.7 Å². The van der Waals surface area contributed by atoms with Crippen molar-refractivity contribution in [1.29, 1.82) is 0 Å². The summed E-state index contributed by atoms with van der Waals surface area (Å²) in [5.41, 5.74) is 7.04. The number of morpholine rings is 1. The predicted octanol–water partition coefficient (Wildman–Crippen LogP) is 1.47. The van der Waals surface area contributed by atoms with E-state index in [0.717, 1.165) is 19.7 Å². The Balaban J connectivity index is 1.98. The molecule has 0 aliphatic carbocycles. The first-order valence-electron chi connectivity index (χ1n) is 5.39. The normalized spacial score (nSPS) is 25.3. The molecule has 0 spiro atoms. The van der Waals surface area contributed by atoms with Crippen LogP contribution in [0.1, 0.15) is 18.5 Å². The summed E-state index contributed by atoms with van der Waals surface area (Å²) >= 11 is 1.76. The highest BCUT2D eigenvalue weighted by Gasteiger charge is 2.23. The highest BCUT2D eigenvalue weighted by atomic mass is 32.1. The molecule has 4 heteroatoms. The lowest BCUT2D eigenvalue weighted by atomic mass is 10.1. The van der Waals surface area contributed by atoms with E-state index in [1.54, 1.807) is 11.3 Å². The summed E-state index contributed by atoms with van der Waals surface area (Å²) in [5.74, 6) is 0. The third-order valence-electron chi connectivity index (χ3n) is 3.01. The third-order valence-corrected chi connectivity index (χ3v) is 3.71. The van der Waals surface area contributed by atoms with Gasteiger partial charge in [0.2, 0.25) is 0 Å². The maximum Gasteiger partial charge on any atom is 0.0824 e. The summed E-state index contributed by atoms with van der Waals surface area (Å²) in [5, 5.41) is 4.35. The maximum atomic E-state index is 5.63. The average molecular weight is 226 g/mol. The Bertz CT molecular complexity index is 289. The van der Waals surface area contributed by atoms with Gasteiger partial charge in [-0.1, -0.05) is 0 Å². The summed E-state index contributed by atoms with van der Waals surface area (Å²) in [6.45, 7) is 5.63. The molecule has 2 rings (SSSR count). The maximum absolute atomic E-state index is 5.63. The second kappa shape index (κ2) is 5.07. The molecule has 2 heterocycles. The molecule has 1 aromatic heterocycles. The van der Waals surface area contributed by atoms with Crippen LogP contribution in [0, 0.1) is 0 Å². The van der Waals surface area contributed by atoms with Gasteiger partial charge >= 0.3 is 0 Å². The van der Waals surface area contributed by atoms with Crippen molar-refractivity contribution < 1.29 is 4.74 Å². The predicted molar refractivity (Wildman–Crippen MR) is 63.1 cm³/mol. The highest BCUT2D eigenvalue weighted by Crippen LogP contribution is 2.24. The summed E-state index contributed by atoms with van der Waals surface area (Å²) in [6.07, 6.45) is 0.208. The zero-order valence-corrected chi connectivity index (χ0v) is 9.87. The van der Waals surface area contributed by atoms with E-state index in [1.165, 1.54) is 5.56 Å². The molecule has 3 nitrogen and oxygen atoms in total. The number of thiophene rings is 1. The zero-order chi connectivity index (χ0) is 10.7. The van der Waals surface area contributed by atoms with E-state index in [-0.39, 0.29) is 6.10 Å². The van der Waals surface area contributed by atoms with E-state index < -0.39 is 0 Å². The van der Waals surface area contributed by atoms with E-state index in [1.807, 2.05) is 0 Å². The SMILES string of the molecule is CC(c1ccsc1)N1CCOC(CN)C1. The lowest BCUT2D eigenvalue weighted by molar-refractivity contribution is -0.0363. The van der Waals surface area contributed by atoms with Crippen LogP contribution in [-0.2, 0) is 4.74 Å². The van der Waals surface area contributed by atoms with Crippen molar-refractivity contribution >= 4 is 11.3 Å². The van der Waals surface area contributed by atoms with Crippen LogP contribution < -0.4 is 5.73 Å². The number of nitrogens with zero attached hydrogens (tertiary/aromatic N) is 1. The molecule has 2 N–H and O–H groups in total. The van der Waals surface area contributed by atoms with E-state index in [0.29, 0.717) is 12.6 Å². The molecule has 84 valence electrons. The average Bonchev–Trinajstić information content (AvgIpc) is 2.81. The minimum Gasteiger partial charge on any atom is -0.374 e. The standard InChI is InChI=1S/C11H18N2OS/c1-9(10-2-5-15-8-10)13-3-4-14-11(6-12)7-13/h2,5,8-9,11H,3-4,6-7,12H2,1H3. The van der Waals surface area contributed by atoms with Crippen LogP contribution in [-0.4, -0.2) is 37.2 Å². The second-order valence-electron chi connectivity index (χ2n) is 3.96. The van der Waals surface area contributed by atoms with E-state index in [2.05, 4.69) is 28.7 Å². The summed E-state index contributed by atoms with van der Waals surface area (Å²) in [6, 6.07) is 2.68. The van der Waals surface area contributed by atoms with Crippen molar-refractivity contribution in [3.63, 3.8) is 0 Å². The summed E-state index contributed by atoms with van der Waals surface area (Å²) in [4.78, 5) is 2.45. The molecular weight excluding hydrogens is 208 g/mol. The molecule has 0 amide bonds. The molecule has 1 aliphatic rings. The van der Waals surface area contributed by atoms with Gasteiger partial charge in [-0.05, 0) is 29.3 Å². The Morgan fingerprint density at radius 2 is 2.60 bits per heavy atom. The van der Waals surface area contributed by atoms with Gasteiger partial charge in [-0.15, -0.1) is 0 Å². The monoisotopic (exact) mass is 226 g/mol. The quantitative estimate of drug-likeness (QED) is 0.848. The minimum atomic E-state index is 0.208. The van der Waals surface area contributed by atoms with Gasteiger partial charge < -0.3 is 10.5 Å². The molecule has 0 radical (unpaired) electrons. The molecule has 1 aliphatic heterocycles. The van der Waals surface area contributed by atoms with Crippen molar-refractivity contribution in [1.82, 2.24) is 4.90 Å². The molecule has 2 unspecified atom stereocenters. The van der Waals surface area contributed by atoms with Crippen molar-refractivity contribution in [3.8, 4) is 0 Å². The summed E-state index contributed by atoms with van der Waals surface area (Å²) in [7, 11) is 0. The van der Waals surface area contributed by atoms with E-state index in [4.69, 9.17) is 10.5 Å². The molecule has 1 saturated heterocycles. The molecule has 1 fully saturated rings. The first kappa shape index (κ1) is 11.1. The fourth-order valence-electron chi connectivity index (χ4n) is 1.96. The molecule has 2 atom stereocenters. The molecule has 0 saturated carbocycles. The second-order valence-corrected chi connectivity index (χ2v) is 4.74. The minimum absolute atomic E-state index is 0.208. The number of hydrogen-bond acceptors (Lipinski definition) is 4. The lowest BCUT2D eigenvalue weighted by Crippen LogP contribution is -2.46. The molecular formula is C11H18N2OS. The Kier molecular flexibility index (Phi) is 3.75. The van der Waals surface area contributed by atoms with Crippen molar-refractivity contribution in [2.24, 2.45) is 5.73 Å². The Hall–Kier alpha value is -0.420. The highest BCUT2D eigenvalue weighted by molar-refractivity contribution is 7.07. The Morgan fingerprint density at radius 1 is 1.73 bits per heavy atom. The number of rotatable bonds is 3. The van der Waals surface area contributed by atoms with Gasteiger partial charge in [-0.25, -0.2) is 0 Å². The fourth-order valence-corrected chi connectivity index (χ4v) is 2.71. The number of hydrogen-bond donors (Lipinski definition) is 1. The van der Waals surface area contributed by atoms with Crippen LogP contribution in [0.3, 0.4) is 0 Å². The smallest absolute Gasteiger partial charge is 0.0824 e. The Morgan fingerprint density at radius 3 is 3.27 bits per heavy atom. The third kappa shape index (κ3) is 2.58. The molecule has 1 aromatic rings. The van der Waals surface area contributed by atoms with Crippen LogP contribution in [0.25, 0.3) is 0 Å². The molecule has 15 heavy (non-hydrogen) atoms. The van der Waals surface area contributed by atoms with Crippen molar-refractivity contribution in [2.45, 2.75) is 19.1 Å². The first-order chi connectivity index (χ1) is 7.31. The van der Waals surface area contributed by atoms with Crippen molar-refractivity contribution in [2.75, 3.05) is 26.2 Å². The van der Waals surface area contributed by atoms with Gasteiger partial charge in [0.1, 0.15) is 0 Å². The topological polar surface area (TPSA) is 38.5 Å². The van der Waals surface area contributed by atoms with Crippen LogP contribution in [0.2, 0.25) is 0 Å². The van der Waals surface area contributed by atoms with Crippen LogP contribution in [0.4, 0.5) is 0 Å². The van der Waals surface area contributed by atoms with Gasteiger partial charge in [-0.2, -0.15) is 11.3 Å². The number of nitrogens with two attached hydrogens (primary N) is 1. The molecule has 0 aromatic carbocycles. The fraction of sp³-hybridized carbons (Fsp3) is 0.636. The summed E-state index contributed by atoms with van der Waals surface area (Å²) < 4.78 is 5.56. The van der Waals surface area contributed by atoms with Gasteiger partial charge in [0.15, 0.2) is 0 Å². The van der Waals surface area contributed by atoms with Crippen LogP contribution in [0.5, 0.6) is 0 Å². The number of ether oxygens (including phenoxy) is 1. The van der Waals surface area contributed by atoms with Crippen molar-refractivity contribution in [3.05, 3.63) is 22.4 Å². The largest absolute Gasteiger partial charge is 0.374 e. The molecule has 0 bridgehead atoms. The zero-order valence-electron chi connectivity index (χ0n) is 9.06. The van der Waals surface area contributed by atoms with Crippen LogP contribution >= 0.6 is 11.3 Å². The van der Waals surface area contributed by atoms with Gasteiger partial charge in [-0.3, -0.25) is 4.90 Å². The van der Waals surface area contributed by atoms with E-state index in [9.17, 15) is 0 Å². The lowest BCUT2D eigenvalue weighted by Gasteiger charge is -2.36. The van der Waals surface area contributed by atoms with Gasteiger partial charge in [0.05, 0.1) is 12.7 Å². The first-order valence-corrected chi connectivity index (χ1v) is 6.33. The van der Waals surface area contributed by atoms with Crippen LogP contribution in [0.15, 0.2) is 16.8 Å². The Labute approximate surface area is 94.8 Å². The van der Waals surface area contributed by atoms with Gasteiger partial charge in [0.25, 0.3) is 0 Å². The van der Waals surface area contributed by atoms with E-state index >= 15 is 0 Å².